The maximum Gasteiger partial charge on any atom is 0.275 e. The number of nitrogens with zero attached hydrogens (tertiary/aromatic N) is 2. The molecule has 3 aromatic rings. The van der Waals surface area contributed by atoms with Gasteiger partial charge in [-0.05, 0) is 30.2 Å². The second-order valence-corrected chi connectivity index (χ2v) is 5.50. The summed E-state index contributed by atoms with van der Waals surface area (Å²) in [6, 6.07) is 14.0. The molecule has 2 aromatic carbocycles. The summed E-state index contributed by atoms with van der Waals surface area (Å²) in [5.74, 6) is -0.450. The molecule has 0 bridgehead atoms. The van der Waals surface area contributed by atoms with Gasteiger partial charge in [0.15, 0.2) is 0 Å². The highest BCUT2D eigenvalue weighted by Gasteiger charge is 2.11. The zero-order chi connectivity index (χ0) is 17.6. The molecule has 126 valence electrons. The summed E-state index contributed by atoms with van der Waals surface area (Å²) in [6.07, 6.45) is 2.84. The highest BCUT2D eigenvalue weighted by atomic mass is 19.1. The first-order valence-corrected chi connectivity index (χ1v) is 7.80. The molecule has 0 aliphatic carbocycles. The van der Waals surface area contributed by atoms with Crippen LogP contribution in [0.3, 0.4) is 0 Å². The quantitative estimate of drug-likeness (QED) is 0.744. The molecule has 5 nitrogen and oxygen atoms in total. The van der Waals surface area contributed by atoms with E-state index in [0.29, 0.717) is 12.4 Å². The van der Waals surface area contributed by atoms with Gasteiger partial charge in [0, 0.05) is 6.54 Å². The minimum absolute atomic E-state index is 0.107. The average molecular weight is 336 g/mol. The third-order valence-electron chi connectivity index (χ3n) is 3.73. The summed E-state index contributed by atoms with van der Waals surface area (Å²) in [6.45, 7) is 2.65. The predicted molar refractivity (Wildman–Crippen MR) is 94.9 cm³/mol. The third kappa shape index (κ3) is 4.17. The number of aromatic nitrogens is 2. The van der Waals surface area contributed by atoms with Gasteiger partial charge in [-0.2, -0.15) is 0 Å². The fraction of sp³-hybridized carbons (Fsp3) is 0.105. The number of aryl methyl sites for hydroxylation is 1. The van der Waals surface area contributed by atoms with E-state index in [1.54, 1.807) is 12.1 Å². The summed E-state index contributed by atoms with van der Waals surface area (Å²) in [5, 5.41) is 5.64. The van der Waals surface area contributed by atoms with Gasteiger partial charge in [0.2, 0.25) is 0 Å². The van der Waals surface area contributed by atoms with Crippen LogP contribution in [0.2, 0.25) is 0 Å². The van der Waals surface area contributed by atoms with Gasteiger partial charge in [0.25, 0.3) is 5.91 Å². The molecule has 3 rings (SSSR count). The SMILES string of the molecule is Cc1ccccc1CNc1cnc(C(=O)Nc2ccccc2F)cn1. The van der Waals surface area contributed by atoms with Crippen LogP contribution >= 0.6 is 0 Å². The second kappa shape index (κ2) is 7.53. The lowest BCUT2D eigenvalue weighted by Gasteiger charge is -2.09. The minimum Gasteiger partial charge on any atom is -0.365 e. The zero-order valence-corrected chi connectivity index (χ0v) is 13.7. The van der Waals surface area contributed by atoms with Crippen LogP contribution in [-0.4, -0.2) is 15.9 Å². The fourth-order valence-corrected chi connectivity index (χ4v) is 2.28. The summed E-state index contributed by atoms with van der Waals surface area (Å²) >= 11 is 0. The molecular formula is C19H17FN4O. The summed E-state index contributed by atoms with van der Waals surface area (Å²) < 4.78 is 13.6. The lowest BCUT2D eigenvalue weighted by atomic mass is 10.1. The number of rotatable bonds is 5. The summed E-state index contributed by atoms with van der Waals surface area (Å²) in [5.41, 5.74) is 2.57. The lowest BCUT2D eigenvalue weighted by Crippen LogP contribution is -2.15. The van der Waals surface area contributed by atoms with E-state index in [-0.39, 0.29) is 11.4 Å². The first-order valence-electron chi connectivity index (χ1n) is 7.80. The van der Waals surface area contributed by atoms with Gasteiger partial charge in [-0.1, -0.05) is 36.4 Å². The van der Waals surface area contributed by atoms with E-state index in [0.717, 1.165) is 5.56 Å². The molecule has 0 aliphatic rings. The molecule has 0 saturated heterocycles. The third-order valence-corrected chi connectivity index (χ3v) is 3.73. The average Bonchev–Trinajstić information content (AvgIpc) is 2.63. The lowest BCUT2D eigenvalue weighted by molar-refractivity contribution is 0.102. The number of hydrogen-bond donors (Lipinski definition) is 2. The van der Waals surface area contributed by atoms with E-state index in [4.69, 9.17) is 0 Å². The minimum atomic E-state index is -0.511. The van der Waals surface area contributed by atoms with Gasteiger partial charge >= 0.3 is 0 Å². The molecule has 0 atom stereocenters. The molecule has 1 amide bonds. The molecule has 0 radical (unpaired) electrons. The Hall–Kier alpha value is -3.28. The van der Waals surface area contributed by atoms with Gasteiger partial charge in [0.05, 0.1) is 18.1 Å². The summed E-state index contributed by atoms with van der Waals surface area (Å²) in [4.78, 5) is 20.4. The number of benzene rings is 2. The number of anilines is 2. The van der Waals surface area contributed by atoms with Gasteiger partial charge in [-0.3, -0.25) is 4.79 Å². The van der Waals surface area contributed by atoms with Crippen molar-refractivity contribution in [2.24, 2.45) is 0 Å². The molecule has 0 spiro atoms. The second-order valence-electron chi connectivity index (χ2n) is 5.50. The number of para-hydroxylation sites is 1. The van der Waals surface area contributed by atoms with E-state index in [9.17, 15) is 9.18 Å². The van der Waals surface area contributed by atoms with Crippen molar-refractivity contribution in [3.05, 3.63) is 83.6 Å². The molecule has 25 heavy (non-hydrogen) atoms. The van der Waals surface area contributed by atoms with Crippen molar-refractivity contribution in [2.75, 3.05) is 10.6 Å². The molecule has 0 unspecified atom stereocenters. The Bertz CT molecular complexity index is 881. The van der Waals surface area contributed by atoms with E-state index in [1.165, 1.54) is 30.1 Å². The first-order chi connectivity index (χ1) is 12.1. The number of carbonyl (C=O) groups excluding carboxylic acids is 1. The Balaban J connectivity index is 1.63. The Labute approximate surface area is 145 Å². The van der Waals surface area contributed by atoms with Crippen LogP contribution in [0.5, 0.6) is 0 Å². The number of halogens is 1. The van der Waals surface area contributed by atoms with Gasteiger partial charge in [-0.25, -0.2) is 14.4 Å². The molecule has 6 heteroatoms. The maximum absolute atomic E-state index is 13.6. The molecular weight excluding hydrogens is 319 g/mol. The van der Waals surface area contributed by atoms with Crippen molar-refractivity contribution in [2.45, 2.75) is 13.5 Å². The Morgan fingerprint density at radius 3 is 2.52 bits per heavy atom. The number of nitrogens with one attached hydrogen (secondary N) is 2. The van der Waals surface area contributed by atoms with Crippen LogP contribution in [0.1, 0.15) is 21.6 Å². The fourth-order valence-electron chi connectivity index (χ4n) is 2.28. The molecule has 1 aromatic heterocycles. The van der Waals surface area contributed by atoms with Crippen molar-refractivity contribution in [3.8, 4) is 0 Å². The highest BCUT2D eigenvalue weighted by molar-refractivity contribution is 6.02. The normalized spacial score (nSPS) is 10.3. The molecule has 1 heterocycles. The van der Waals surface area contributed by atoms with Crippen LogP contribution in [0.4, 0.5) is 15.9 Å². The molecule has 0 fully saturated rings. The van der Waals surface area contributed by atoms with Crippen molar-refractivity contribution in [3.63, 3.8) is 0 Å². The number of amides is 1. The van der Waals surface area contributed by atoms with Crippen LogP contribution in [0.25, 0.3) is 0 Å². The van der Waals surface area contributed by atoms with E-state index in [1.807, 2.05) is 31.2 Å². The standard InChI is InChI=1S/C19H17FN4O/c1-13-6-2-3-7-14(13)10-22-18-12-21-17(11-23-18)19(25)24-16-9-5-4-8-15(16)20/h2-9,11-12H,10H2,1H3,(H,22,23)(H,24,25). The Kier molecular flexibility index (Phi) is 4.99. The van der Waals surface area contributed by atoms with Crippen LogP contribution in [0, 0.1) is 12.7 Å². The molecule has 2 N–H and O–H groups in total. The Morgan fingerprint density at radius 2 is 1.80 bits per heavy atom. The summed E-state index contributed by atoms with van der Waals surface area (Å²) in [7, 11) is 0. The first kappa shape index (κ1) is 16.6. The van der Waals surface area contributed by atoms with E-state index >= 15 is 0 Å². The molecule has 0 saturated carbocycles. The van der Waals surface area contributed by atoms with Gasteiger partial charge in [0.1, 0.15) is 17.3 Å². The topological polar surface area (TPSA) is 66.9 Å². The van der Waals surface area contributed by atoms with Crippen molar-refractivity contribution < 1.29 is 9.18 Å². The van der Waals surface area contributed by atoms with Gasteiger partial charge < -0.3 is 10.6 Å². The predicted octanol–water partition coefficient (Wildman–Crippen LogP) is 3.79. The van der Waals surface area contributed by atoms with Gasteiger partial charge in [-0.15, -0.1) is 0 Å². The van der Waals surface area contributed by atoms with Crippen LogP contribution in [-0.2, 0) is 6.54 Å². The zero-order valence-electron chi connectivity index (χ0n) is 13.7. The smallest absolute Gasteiger partial charge is 0.275 e. The molecule has 0 aliphatic heterocycles. The number of hydrogen-bond acceptors (Lipinski definition) is 4. The van der Waals surface area contributed by atoms with E-state index < -0.39 is 11.7 Å². The van der Waals surface area contributed by atoms with Crippen LogP contribution < -0.4 is 10.6 Å². The maximum atomic E-state index is 13.6. The van der Waals surface area contributed by atoms with Crippen molar-refractivity contribution in [1.29, 1.82) is 0 Å². The van der Waals surface area contributed by atoms with Crippen LogP contribution in [0.15, 0.2) is 60.9 Å². The van der Waals surface area contributed by atoms with E-state index in [2.05, 4.69) is 20.6 Å². The van der Waals surface area contributed by atoms with Crippen molar-refractivity contribution >= 4 is 17.4 Å². The highest BCUT2D eigenvalue weighted by Crippen LogP contribution is 2.14. The van der Waals surface area contributed by atoms with Crippen molar-refractivity contribution in [1.82, 2.24) is 9.97 Å². The largest absolute Gasteiger partial charge is 0.365 e. The Morgan fingerprint density at radius 1 is 1.04 bits per heavy atom. The number of carbonyl (C=O) groups is 1. The monoisotopic (exact) mass is 336 g/mol.